The zero-order chi connectivity index (χ0) is 23.4. The number of rotatable bonds is 6. The standard InChI is InChI=1S/C24H29N3O4S2/c1-2-26(19-9-5-3-6-10-19)24(29)18-27-21-17-20(11-12-22(21)32-16-13-23(27)28)33(30,31)25-14-7-4-8-15-25/h3,5-6,9-12,17H,2,4,7-8,13-16,18H2,1H3. The number of amides is 2. The summed E-state index contributed by atoms with van der Waals surface area (Å²) in [6, 6.07) is 14.3. The Labute approximate surface area is 199 Å². The third kappa shape index (κ3) is 5.10. The molecule has 176 valence electrons. The van der Waals surface area contributed by atoms with Crippen LogP contribution in [-0.4, -0.2) is 56.5 Å². The summed E-state index contributed by atoms with van der Waals surface area (Å²) in [6.45, 7) is 3.25. The monoisotopic (exact) mass is 487 g/mol. The molecule has 2 heterocycles. The zero-order valence-corrected chi connectivity index (χ0v) is 20.4. The molecule has 0 spiro atoms. The van der Waals surface area contributed by atoms with Crippen LogP contribution in [0.3, 0.4) is 0 Å². The molecule has 33 heavy (non-hydrogen) atoms. The Balaban J connectivity index is 1.66. The number of likely N-dealkylation sites (N-methyl/N-ethyl adjacent to an activating group) is 1. The van der Waals surface area contributed by atoms with Crippen LogP contribution in [0.15, 0.2) is 58.3 Å². The van der Waals surface area contributed by atoms with E-state index in [1.807, 2.05) is 37.3 Å². The fraction of sp³-hybridized carbons (Fsp3) is 0.417. The van der Waals surface area contributed by atoms with Crippen LogP contribution in [-0.2, 0) is 19.6 Å². The van der Waals surface area contributed by atoms with Crippen molar-refractivity contribution in [1.82, 2.24) is 4.31 Å². The van der Waals surface area contributed by atoms with Crippen molar-refractivity contribution in [2.75, 3.05) is 41.7 Å². The number of sulfonamides is 1. The van der Waals surface area contributed by atoms with E-state index in [-0.39, 0.29) is 29.7 Å². The summed E-state index contributed by atoms with van der Waals surface area (Å²) >= 11 is 1.51. The lowest BCUT2D eigenvalue weighted by molar-refractivity contribution is -0.122. The van der Waals surface area contributed by atoms with Crippen LogP contribution in [0, 0.1) is 0 Å². The second-order valence-corrected chi connectivity index (χ2v) is 11.2. The number of hydrogen-bond donors (Lipinski definition) is 0. The highest BCUT2D eigenvalue weighted by molar-refractivity contribution is 7.99. The molecule has 0 bridgehead atoms. The second-order valence-electron chi connectivity index (χ2n) is 8.15. The van der Waals surface area contributed by atoms with Crippen LogP contribution in [0.25, 0.3) is 0 Å². The number of nitrogens with zero attached hydrogens (tertiary/aromatic N) is 3. The maximum absolute atomic E-state index is 13.2. The van der Waals surface area contributed by atoms with E-state index in [4.69, 9.17) is 0 Å². The minimum Gasteiger partial charge on any atom is -0.311 e. The Hall–Kier alpha value is -2.36. The number of fused-ring (bicyclic) bond motifs is 1. The maximum atomic E-state index is 13.2. The number of para-hydroxylation sites is 1. The van der Waals surface area contributed by atoms with Gasteiger partial charge in [0.1, 0.15) is 6.54 Å². The van der Waals surface area contributed by atoms with Gasteiger partial charge >= 0.3 is 0 Å². The molecule has 2 aliphatic heterocycles. The Morgan fingerprint density at radius 3 is 2.48 bits per heavy atom. The predicted octanol–water partition coefficient (Wildman–Crippen LogP) is 3.74. The van der Waals surface area contributed by atoms with Crippen LogP contribution < -0.4 is 9.80 Å². The lowest BCUT2D eigenvalue weighted by atomic mass is 10.2. The van der Waals surface area contributed by atoms with Crippen molar-refractivity contribution in [1.29, 1.82) is 0 Å². The molecule has 0 aromatic heterocycles. The molecule has 0 radical (unpaired) electrons. The first-order chi connectivity index (χ1) is 15.9. The lowest BCUT2D eigenvalue weighted by Gasteiger charge is -2.28. The Morgan fingerprint density at radius 1 is 1.06 bits per heavy atom. The van der Waals surface area contributed by atoms with Crippen LogP contribution >= 0.6 is 11.8 Å². The van der Waals surface area contributed by atoms with Crippen LogP contribution in [0.2, 0.25) is 0 Å². The third-order valence-corrected chi connectivity index (χ3v) is 8.99. The van der Waals surface area contributed by atoms with Crippen molar-refractivity contribution in [2.45, 2.75) is 42.4 Å². The van der Waals surface area contributed by atoms with E-state index in [2.05, 4.69) is 0 Å². The van der Waals surface area contributed by atoms with Crippen LogP contribution in [0.4, 0.5) is 11.4 Å². The van der Waals surface area contributed by atoms with Crippen molar-refractivity contribution in [2.24, 2.45) is 0 Å². The molecule has 0 unspecified atom stereocenters. The third-order valence-electron chi connectivity index (χ3n) is 6.03. The fourth-order valence-corrected chi connectivity index (χ4v) is 6.78. The van der Waals surface area contributed by atoms with Crippen molar-refractivity contribution in [3.05, 3.63) is 48.5 Å². The SMILES string of the molecule is CCN(C(=O)CN1C(=O)CCSc2ccc(S(=O)(=O)N3CCCCC3)cc21)c1ccccc1. The molecule has 2 aromatic carbocycles. The van der Waals surface area contributed by atoms with Crippen molar-refractivity contribution in [3.63, 3.8) is 0 Å². The number of anilines is 2. The minimum atomic E-state index is -3.65. The predicted molar refractivity (Wildman–Crippen MR) is 131 cm³/mol. The van der Waals surface area contributed by atoms with E-state index in [0.29, 0.717) is 31.1 Å². The fourth-order valence-electron chi connectivity index (χ4n) is 4.27. The summed E-state index contributed by atoms with van der Waals surface area (Å²) in [5, 5.41) is 0. The maximum Gasteiger partial charge on any atom is 0.247 e. The molecule has 0 saturated carbocycles. The Bertz CT molecular complexity index is 1120. The van der Waals surface area contributed by atoms with Gasteiger partial charge < -0.3 is 9.80 Å². The van der Waals surface area contributed by atoms with Crippen molar-refractivity contribution >= 4 is 45.0 Å². The molecule has 0 N–H and O–H groups in total. The summed E-state index contributed by atoms with van der Waals surface area (Å²) in [6.07, 6.45) is 3.03. The number of benzene rings is 2. The molecular formula is C24H29N3O4S2. The molecule has 1 saturated heterocycles. The van der Waals surface area contributed by atoms with Gasteiger partial charge in [-0.1, -0.05) is 24.6 Å². The van der Waals surface area contributed by atoms with Crippen LogP contribution in [0.5, 0.6) is 0 Å². The quantitative estimate of drug-likeness (QED) is 0.620. The van der Waals surface area contributed by atoms with Gasteiger partial charge in [0.15, 0.2) is 0 Å². The first-order valence-corrected chi connectivity index (χ1v) is 13.8. The van der Waals surface area contributed by atoms with Gasteiger partial charge in [-0.3, -0.25) is 9.59 Å². The normalized spacial score (nSPS) is 17.4. The summed E-state index contributed by atoms with van der Waals surface area (Å²) in [7, 11) is -3.65. The Morgan fingerprint density at radius 2 is 1.79 bits per heavy atom. The molecular weight excluding hydrogens is 458 g/mol. The summed E-state index contributed by atoms with van der Waals surface area (Å²) in [5.41, 5.74) is 1.27. The molecule has 9 heteroatoms. The average Bonchev–Trinajstić information content (AvgIpc) is 2.99. The van der Waals surface area contributed by atoms with Gasteiger partial charge in [-0.15, -0.1) is 11.8 Å². The van der Waals surface area contributed by atoms with E-state index >= 15 is 0 Å². The molecule has 2 amide bonds. The molecule has 4 rings (SSSR count). The molecule has 7 nitrogen and oxygen atoms in total. The molecule has 2 aliphatic rings. The van der Waals surface area contributed by atoms with Gasteiger partial charge in [-0.25, -0.2) is 8.42 Å². The molecule has 0 atom stereocenters. The van der Waals surface area contributed by atoms with Gasteiger partial charge in [-0.2, -0.15) is 4.31 Å². The van der Waals surface area contributed by atoms with Crippen LogP contribution in [0.1, 0.15) is 32.6 Å². The summed E-state index contributed by atoms with van der Waals surface area (Å²) in [5.74, 6) is 0.204. The topological polar surface area (TPSA) is 78.0 Å². The van der Waals surface area contributed by atoms with Gasteiger partial charge in [0.25, 0.3) is 0 Å². The van der Waals surface area contributed by atoms with Crippen molar-refractivity contribution in [3.8, 4) is 0 Å². The van der Waals surface area contributed by atoms with Gasteiger partial charge in [-0.05, 0) is 50.1 Å². The number of carbonyl (C=O) groups is 2. The second kappa shape index (κ2) is 10.3. The first-order valence-electron chi connectivity index (χ1n) is 11.3. The number of thioether (sulfide) groups is 1. The smallest absolute Gasteiger partial charge is 0.247 e. The number of hydrogen-bond acceptors (Lipinski definition) is 5. The van der Waals surface area contributed by atoms with E-state index in [0.717, 1.165) is 29.8 Å². The van der Waals surface area contributed by atoms with E-state index in [1.54, 1.807) is 23.1 Å². The summed E-state index contributed by atoms with van der Waals surface area (Å²) < 4.78 is 28.0. The molecule has 1 fully saturated rings. The van der Waals surface area contributed by atoms with E-state index in [9.17, 15) is 18.0 Å². The highest BCUT2D eigenvalue weighted by atomic mass is 32.2. The zero-order valence-electron chi connectivity index (χ0n) is 18.8. The lowest BCUT2D eigenvalue weighted by Crippen LogP contribution is -2.43. The summed E-state index contributed by atoms with van der Waals surface area (Å²) in [4.78, 5) is 30.3. The Kier molecular flexibility index (Phi) is 7.41. The van der Waals surface area contributed by atoms with Crippen molar-refractivity contribution < 1.29 is 18.0 Å². The largest absolute Gasteiger partial charge is 0.311 e. The number of piperidine rings is 1. The molecule has 0 aliphatic carbocycles. The molecule has 2 aromatic rings. The highest BCUT2D eigenvalue weighted by Crippen LogP contribution is 2.37. The van der Waals surface area contributed by atoms with Gasteiger partial charge in [0.05, 0.1) is 10.6 Å². The average molecular weight is 488 g/mol. The van der Waals surface area contributed by atoms with Gasteiger partial charge in [0, 0.05) is 42.4 Å². The number of carbonyl (C=O) groups excluding carboxylic acids is 2. The van der Waals surface area contributed by atoms with Gasteiger partial charge in [0.2, 0.25) is 21.8 Å². The first kappa shape index (κ1) is 23.8. The van der Waals surface area contributed by atoms with E-state index in [1.165, 1.54) is 21.0 Å². The highest BCUT2D eigenvalue weighted by Gasteiger charge is 2.31. The minimum absolute atomic E-state index is 0.137. The van der Waals surface area contributed by atoms with E-state index < -0.39 is 10.0 Å².